The summed E-state index contributed by atoms with van der Waals surface area (Å²) in [5.74, 6) is 0.0474. The summed E-state index contributed by atoms with van der Waals surface area (Å²) in [6.45, 7) is 9.41. The van der Waals surface area contributed by atoms with Crippen LogP contribution < -0.4 is 15.4 Å². The third-order valence-electron chi connectivity index (χ3n) is 8.07. The van der Waals surface area contributed by atoms with Crippen LogP contribution in [0.2, 0.25) is 0 Å². The number of amides is 1. The zero-order valence-electron chi connectivity index (χ0n) is 23.4. The topological polar surface area (TPSA) is 109 Å². The van der Waals surface area contributed by atoms with Crippen LogP contribution in [-0.4, -0.2) is 49.1 Å². The zero-order valence-corrected chi connectivity index (χ0v) is 24.2. The van der Waals surface area contributed by atoms with Gasteiger partial charge in [0, 0.05) is 52.8 Å². The van der Waals surface area contributed by atoms with Crippen molar-refractivity contribution in [2.24, 2.45) is 5.73 Å². The van der Waals surface area contributed by atoms with Crippen molar-refractivity contribution in [2.45, 2.75) is 31.3 Å². The Balaban J connectivity index is 1.39. The van der Waals surface area contributed by atoms with E-state index in [0.29, 0.717) is 25.3 Å². The SMILES string of the molecule is C=C(N1CC2(C1)C(=O)N(Cc1ncc3ccccc3c1-c1ccc(NS(C)(=O)=O)cc1)c1ccccc12)C(C)(C)N. The fourth-order valence-corrected chi connectivity index (χ4v) is 6.54. The highest BCUT2D eigenvalue weighted by molar-refractivity contribution is 7.92. The lowest BCUT2D eigenvalue weighted by Crippen LogP contribution is -2.65. The number of rotatable bonds is 7. The van der Waals surface area contributed by atoms with E-state index in [9.17, 15) is 13.2 Å². The van der Waals surface area contributed by atoms with Crippen molar-refractivity contribution < 1.29 is 13.2 Å². The molecule has 1 fully saturated rings. The van der Waals surface area contributed by atoms with Crippen LogP contribution in [0, 0.1) is 0 Å². The molecule has 2 aliphatic heterocycles. The van der Waals surface area contributed by atoms with E-state index in [-0.39, 0.29) is 5.91 Å². The second-order valence-corrected chi connectivity index (χ2v) is 13.4. The lowest BCUT2D eigenvalue weighted by atomic mass is 9.73. The Kier molecular flexibility index (Phi) is 6.20. The summed E-state index contributed by atoms with van der Waals surface area (Å²) in [7, 11) is -3.40. The third-order valence-corrected chi connectivity index (χ3v) is 8.68. The van der Waals surface area contributed by atoms with Crippen LogP contribution in [0.15, 0.2) is 91.3 Å². The van der Waals surface area contributed by atoms with Gasteiger partial charge in [-0.15, -0.1) is 0 Å². The minimum atomic E-state index is -3.40. The maximum Gasteiger partial charge on any atom is 0.241 e. The van der Waals surface area contributed by atoms with E-state index < -0.39 is 21.0 Å². The molecule has 210 valence electrons. The Morgan fingerprint density at radius 2 is 1.71 bits per heavy atom. The van der Waals surface area contributed by atoms with Crippen molar-refractivity contribution in [3.05, 3.63) is 103 Å². The average molecular weight is 568 g/mol. The molecule has 0 aliphatic carbocycles. The van der Waals surface area contributed by atoms with E-state index in [0.717, 1.165) is 50.8 Å². The molecule has 41 heavy (non-hydrogen) atoms. The molecular formula is C32H33N5O3S. The van der Waals surface area contributed by atoms with E-state index in [4.69, 9.17) is 10.7 Å². The molecule has 3 N–H and O–H groups in total. The number of anilines is 2. The smallest absolute Gasteiger partial charge is 0.241 e. The standard InChI is InChI=1S/C32H33N5O3S/c1-21(31(2,3)33)36-19-32(20-36)26-11-7-8-12-28(26)37(30(32)38)18-27-29(25-10-6-5-9-23(25)17-34-27)22-13-15-24(16-14-22)35-41(4,39)40/h5-17,35H,1,18-20,33H2,2-4H3. The summed E-state index contributed by atoms with van der Waals surface area (Å²) >= 11 is 0. The Labute approximate surface area is 240 Å². The Hall–Kier alpha value is -4.21. The van der Waals surface area contributed by atoms with Gasteiger partial charge in [-0.2, -0.15) is 0 Å². The summed E-state index contributed by atoms with van der Waals surface area (Å²) in [5.41, 5.74) is 10.9. The summed E-state index contributed by atoms with van der Waals surface area (Å²) in [4.78, 5) is 23.0. The Bertz CT molecular complexity index is 1800. The third kappa shape index (κ3) is 4.65. The lowest BCUT2D eigenvalue weighted by molar-refractivity contribution is -0.128. The molecule has 4 aromatic rings. The van der Waals surface area contributed by atoms with Crippen LogP contribution in [0.4, 0.5) is 11.4 Å². The van der Waals surface area contributed by atoms with Gasteiger partial charge in [0.2, 0.25) is 15.9 Å². The summed E-state index contributed by atoms with van der Waals surface area (Å²) in [5, 5.41) is 1.99. The van der Waals surface area contributed by atoms with Crippen LogP contribution in [0.25, 0.3) is 21.9 Å². The van der Waals surface area contributed by atoms with Crippen LogP contribution >= 0.6 is 0 Å². The summed E-state index contributed by atoms with van der Waals surface area (Å²) in [6, 6.07) is 23.2. The van der Waals surface area contributed by atoms with Crippen LogP contribution in [0.3, 0.4) is 0 Å². The molecule has 1 saturated heterocycles. The van der Waals surface area contributed by atoms with Gasteiger partial charge in [-0.3, -0.25) is 14.5 Å². The maximum atomic E-state index is 14.2. The number of carbonyl (C=O) groups excluding carboxylic acids is 1. The van der Waals surface area contributed by atoms with Gasteiger partial charge in [-0.05, 0) is 48.6 Å². The first-order valence-corrected chi connectivity index (χ1v) is 15.4. The fourth-order valence-electron chi connectivity index (χ4n) is 5.98. The van der Waals surface area contributed by atoms with Gasteiger partial charge < -0.3 is 15.5 Å². The molecule has 3 heterocycles. The van der Waals surface area contributed by atoms with Gasteiger partial charge >= 0.3 is 0 Å². The van der Waals surface area contributed by atoms with Crippen molar-refractivity contribution >= 4 is 38.1 Å². The highest BCUT2D eigenvalue weighted by Crippen LogP contribution is 2.49. The van der Waals surface area contributed by atoms with Gasteiger partial charge in [-0.25, -0.2) is 8.42 Å². The number of fused-ring (bicyclic) bond motifs is 3. The summed E-state index contributed by atoms with van der Waals surface area (Å²) < 4.78 is 26.0. The van der Waals surface area contributed by atoms with E-state index in [1.165, 1.54) is 0 Å². The molecule has 2 aliphatic rings. The molecule has 0 radical (unpaired) electrons. The minimum Gasteiger partial charge on any atom is -0.371 e. The van der Waals surface area contributed by atoms with Crippen LogP contribution in [0.5, 0.6) is 0 Å². The Morgan fingerprint density at radius 1 is 1.05 bits per heavy atom. The van der Waals surface area contributed by atoms with E-state index >= 15 is 0 Å². The van der Waals surface area contributed by atoms with Crippen LogP contribution in [-0.2, 0) is 26.8 Å². The number of nitrogens with zero attached hydrogens (tertiary/aromatic N) is 3. The first kappa shape index (κ1) is 27.0. The molecule has 0 bridgehead atoms. The molecule has 0 saturated carbocycles. The molecule has 3 aromatic carbocycles. The van der Waals surface area contributed by atoms with Crippen molar-refractivity contribution in [1.82, 2.24) is 9.88 Å². The predicted molar refractivity (Wildman–Crippen MR) is 164 cm³/mol. The Morgan fingerprint density at radius 3 is 2.39 bits per heavy atom. The number of likely N-dealkylation sites (tertiary alicyclic amines) is 1. The van der Waals surface area contributed by atoms with E-state index in [2.05, 4.69) is 16.2 Å². The number of hydrogen-bond acceptors (Lipinski definition) is 6. The largest absolute Gasteiger partial charge is 0.371 e. The van der Waals surface area contributed by atoms with Crippen molar-refractivity contribution in [3.8, 4) is 11.1 Å². The molecule has 1 spiro atoms. The monoisotopic (exact) mass is 567 g/mol. The molecule has 0 unspecified atom stereocenters. The number of nitrogens with one attached hydrogen (secondary N) is 1. The van der Waals surface area contributed by atoms with Gasteiger partial charge in [0.05, 0.1) is 18.5 Å². The van der Waals surface area contributed by atoms with Crippen LogP contribution in [0.1, 0.15) is 25.1 Å². The number of hydrogen-bond donors (Lipinski definition) is 2. The number of carbonyl (C=O) groups is 1. The molecule has 1 amide bonds. The van der Waals surface area contributed by atoms with Crippen molar-refractivity contribution in [1.29, 1.82) is 0 Å². The number of sulfonamides is 1. The van der Waals surface area contributed by atoms with Gasteiger partial charge in [-0.1, -0.05) is 61.2 Å². The molecule has 9 heteroatoms. The second kappa shape index (κ2) is 9.43. The number of para-hydroxylation sites is 1. The molecule has 0 atom stereocenters. The van der Waals surface area contributed by atoms with E-state index in [1.54, 1.807) is 12.1 Å². The predicted octanol–water partition coefficient (Wildman–Crippen LogP) is 4.62. The molecule has 6 rings (SSSR count). The molecule has 1 aromatic heterocycles. The minimum absolute atomic E-state index is 0.0474. The van der Waals surface area contributed by atoms with Crippen molar-refractivity contribution in [2.75, 3.05) is 29.0 Å². The number of pyridine rings is 1. The second-order valence-electron chi connectivity index (χ2n) is 11.6. The average Bonchev–Trinajstić information content (AvgIpc) is 3.14. The lowest BCUT2D eigenvalue weighted by Gasteiger charge is -2.51. The van der Waals surface area contributed by atoms with Gasteiger partial charge in [0.15, 0.2) is 0 Å². The summed E-state index contributed by atoms with van der Waals surface area (Å²) in [6.07, 6.45) is 2.97. The fraction of sp³-hybridized carbons (Fsp3) is 0.250. The first-order chi connectivity index (χ1) is 19.4. The number of nitrogens with two attached hydrogens (primary N) is 1. The number of aromatic nitrogens is 1. The highest BCUT2D eigenvalue weighted by atomic mass is 32.2. The zero-order chi connectivity index (χ0) is 29.2. The number of benzene rings is 3. The molecule has 8 nitrogen and oxygen atoms in total. The van der Waals surface area contributed by atoms with Gasteiger partial charge in [0.25, 0.3) is 0 Å². The highest BCUT2D eigenvalue weighted by Gasteiger charge is 2.58. The van der Waals surface area contributed by atoms with Crippen molar-refractivity contribution in [3.63, 3.8) is 0 Å². The van der Waals surface area contributed by atoms with E-state index in [1.807, 2.05) is 85.6 Å². The first-order valence-electron chi connectivity index (χ1n) is 13.5. The molecular weight excluding hydrogens is 534 g/mol. The quantitative estimate of drug-likeness (QED) is 0.337. The van der Waals surface area contributed by atoms with Gasteiger partial charge in [0.1, 0.15) is 5.41 Å². The normalized spacial score (nSPS) is 16.1. The maximum absolute atomic E-state index is 14.2.